The molecule has 0 saturated carbocycles. The number of benzene rings is 2. The maximum absolute atomic E-state index is 9.30. The van der Waals surface area contributed by atoms with Gasteiger partial charge in [-0.05, 0) is 56.7 Å². The number of rotatable bonds is 7. The molecular formula is C18H22ClNO3. The number of phenolic OH excluding ortho intramolecular Hbond substituents is 1. The molecule has 0 fully saturated rings. The van der Waals surface area contributed by atoms with E-state index in [-0.39, 0.29) is 11.9 Å². The van der Waals surface area contributed by atoms with Crippen molar-refractivity contribution in [3.05, 3.63) is 47.0 Å². The van der Waals surface area contributed by atoms with E-state index >= 15 is 0 Å². The first-order valence-electron chi connectivity index (χ1n) is 7.64. The lowest BCUT2D eigenvalue weighted by molar-refractivity contribution is 0.224. The van der Waals surface area contributed by atoms with Crippen molar-refractivity contribution in [1.29, 1.82) is 0 Å². The summed E-state index contributed by atoms with van der Waals surface area (Å²) in [5.74, 6) is 1.58. The SMILES string of the molecule is CCOc1cc(CNc2ccc(O)cc2)c(Cl)cc1OC(C)C. The Morgan fingerprint density at radius 1 is 1.13 bits per heavy atom. The fourth-order valence-corrected chi connectivity index (χ4v) is 2.32. The van der Waals surface area contributed by atoms with Crippen LogP contribution in [0.1, 0.15) is 26.3 Å². The Kier molecular flexibility index (Phi) is 5.99. The highest BCUT2D eigenvalue weighted by Crippen LogP contribution is 2.34. The van der Waals surface area contributed by atoms with Crippen molar-refractivity contribution in [1.82, 2.24) is 0 Å². The van der Waals surface area contributed by atoms with Gasteiger partial charge in [0.2, 0.25) is 0 Å². The van der Waals surface area contributed by atoms with Crippen LogP contribution < -0.4 is 14.8 Å². The Morgan fingerprint density at radius 2 is 1.83 bits per heavy atom. The van der Waals surface area contributed by atoms with E-state index in [4.69, 9.17) is 21.1 Å². The van der Waals surface area contributed by atoms with Gasteiger partial charge >= 0.3 is 0 Å². The van der Waals surface area contributed by atoms with Gasteiger partial charge in [-0.3, -0.25) is 0 Å². The van der Waals surface area contributed by atoms with Crippen LogP contribution in [0.2, 0.25) is 5.02 Å². The Bertz CT molecular complexity index is 641. The van der Waals surface area contributed by atoms with Crippen LogP contribution in [0.4, 0.5) is 5.69 Å². The lowest BCUT2D eigenvalue weighted by Crippen LogP contribution is -2.08. The van der Waals surface area contributed by atoms with Gasteiger partial charge in [0.15, 0.2) is 11.5 Å². The molecule has 124 valence electrons. The summed E-state index contributed by atoms with van der Waals surface area (Å²) in [6, 6.07) is 10.6. The highest BCUT2D eigenvalue weighted by Gasteiger charge is 2.12. The van der Waals surface area contributed by atoms with Gasteiger partial charge in [-0.2, -0.15) is 0 Å². The normalized spacial score (nSPS) is 10.7. The third-order valence-corrected chi connectivity index (χ3v) is 3.48. The first kappa shape index (κ1) is 17.3. The molecule has 0 spiro atoms. The molecule has 0 saturated heterocycles. The number of hydrogen-bond donors (Lipinski definition) is 2. The summed E-state index contributed by atoms with van der Waals surface area (Å²) >= 11 is 6.36. The Labute approximate surface area is 142 Å². The predicted molar refractivity (Wildman–Crippen MR) is 93.8 cm³/mol. The third-order valence-electron chi connectivity index (χ3n) is 3.13. The number of aromatic hydroxyl groups is 1. The molecule has 5 heteroatoms. The van der Waals surface area contributed by atoms with Crippen LogP contribution in [0.25, 0.3) is 0 Å². The zero-order valence-electron chi connectivity index (χ0n) is 13.6. The van der Waals surface area contributed by atoms with Gasteiger partial charge < -0.3 is 19.9 Å². The number of nitrogens with one attached hydrogen (secondary N) is 1. The average molecular weight is 336 g/mol. The highest BCUT2D eigenvalue weighted by atomic mass is 35.5. The van der Waals surface area contributed by atoms with Gasteiger partial charge in [-0.15, -0.1) is 0 Å². The van der Waals surface area contributed by atoms with E-state index in [0.717, 1.165) is 11.3 Å². The van der Waals surface area contributed by atoms with E-state index in [9.17, 15) is 5.11 Å². The largest absolute Gasteiger partial charge is 0.508 e. The monoisotopic (exact) mass is 335 g/mol. The van der Waals surface area contributed by atoms with Crippen LogP contribution >= 0.6 is 11.6 Å². The van der Waals surface area contributed by atoms with E-state index in [2.05, 4.69) is 5.32 Å². The van der Waals surface area contributed by atoms with Crippen molar-refractivity contribution in [2.24, 2.45) is 0 Å². The summed E-state index contributed by atoms with van der Waals surface area (Å²) in [4.78, 5) is 0. The van der Waals surface area contributed by atoms with Crippen LogP contribution in [0.5, 0.6) is 17.2 Å². The van der Waals surface area contributed by atoms with Crippen molar-refractivity contribution in [2.75, 3.05) is 11.9 Å². The second kappa shape index (κ2) is 7.97. The number of hydrogen-bond acceptors (Lipinski definition) is 4. The van der Waals surface area contributed by atoms with E-state index in [1.165, 1.54) is 0 Å². The molecule has 0 amide bonds. The number of anilines is 1. The molecule has 0 unspecified atom stereocenters. The zero-order valence-corrected chi connectivity index (χ0v) is 14.4. The first-order valence-corrected chi connectivity index (χ1v) is 8.02. The maximum Gasteiger partial charge on any atom is 0.163 e. The molecule has 2 N–H and O–H groups in total. The van der Waals surface area contributed by atoms with Crippen molar-refractivity contribution in [2.45, 2.75) is 33.4 Å². The predicted octanol–water partition coefficient (Wildman–Crippen LogP) is 4.84. The zero-order chi connectivity index (χ0) is 16.8. The summed E-state index contributed by atoms with van der Waals surface area (Å²) in [6.45, 7) is 6.96. The van der Waals surface area contributed by atoms with Crippen molar-refractivity contribution >= 4 is 17.3 Å². The Hall–Kier alpha value is -2.07. The standard InChI is InChI=1S/C18H22ClNO3/c1-4-22-17-9-13(16(19)10-18(17)23-12(2)3)11-20-14-5-7-15(21)8-6-14/h5-10,12,20-21H,4,11H2,1-3H3. The van der Waals surface area contributed by atoms with Gasteiger partial charge in [0.05, 0.1) is 12.7 Å². The minimum atomic E-state index is 0.0474. The molecule has 23 heavy (non-hydrogen) atoms. The molecule has 0 aliphatic rings. The summed E-state index contributed by atoms with van der Waals surface area (Å²) in [6.07, 6.45) is 0.0474. The van der Waals surface area contributed by atoms with E-state index < -0.39 is 0 Å². The Morgan fingerprint density at radius 3 is 2.43 bits per heavy atom. The molecule has 0 aliphatic heterocycles. The van der Waals surface area contributed by atoms with Gasteiger partial charge in [-0.25, -0.2) is 0 Å². The summed E-state index contributed by atoms with van der Waals surface area (Å²) in [7, 11) is 0. The molecule has 2 rings (SSSR count). The summed E-state index contributed by atoms with van der Waals surface area (Å²) in [5, 5.41) is 13.2. The summed E-state index contributed by atoms with van der Waals surface area (Å²) < 4.78 is 11.4. The van der Waals surface area contributed by atoms with Crippen LogP contribution in [0.3, 0.4) is 0 Å². The van der Waals surface area contributed by atoms with Gasteiger partial charge in [0, 0.05) is 23.3 Å². The lowest BCUT2D eigenvalue weighted by Gasteiger charge is -2.17. The maximum atomic E-state index is 9.30. The fraction of sp³-hybridized carbons (Fsp3) is 0.333. The van der Waals surface area contributed by atoms with E-state index in [0.29, 0.717) is 29.7 Å². The van der Waals surface area contributed by atoms with Gasteiger partial charge in [0.1, 0.15) is 5.75 Å². The van der Waals surface area contributed by atoms with Gasteiger partial charge in [0.25, 0.3) is 0 Å². The number of halogens is 1. The minimum Gasteiger partial charge on any atom is -0.508 e. The van der Waals surface area contributed by atoms with Crippen LogP contribution in [0.15, 0.2) is 36.4 Å². The molecule has 0 aliphatic carbocycles. The average Bonchev–Trinajstić information content (AvgIpc) is 2.50. The van der Waals surface area contributed by atoms with E-state index in [1.54, 1.807) is 18.2 Å². The molecule has 0 heterocycles. The highest BCUT2D eigenvalue weighted by molar-refractivity contribution is 6.31. The van der Waals surface area contributed by atoms with Crippen LogP contribution in [-0.4, -0.2) is 17.8 Å². The molecule has 0 radical (unpaired) electrons. The lowest BCUT2D eigenvalue weighted by atomic mass is 10.2. The van der Waals surface area contributed by atoms with E-state index in [1.807, 2.05) is 39.0 Å². The smallest absolute Gasteiger partial charge is 0.163 e. The molecule has 0 atom stereocenters. The van der Waals surface area contributed by atoms with Crippen molar-refractivity contribution in [3.63, 3.8) is 0 Å². The second-order valence-corrected chi connectivity index (χ2v) is 5.80. The quantitative estimate of drug-likeness (QED) is 0.710. The Balaban J connectivity index is 2.17. The molecule has 0 bridgehead atoms. The molecule has 2 aromatic rings. The first-order chi connectivity index (χ1) is 11.0. The second-order valence-electron chi connectivity index (χ2n) is 5.39. The van der Waals surface area contributed by atoms with Crippen LogP contribution in [0, 0.1) is 0 Å². The number of phenols is 1. The number of ether oxygens (including phenoxy) is 2. The van der Waals surface area contributed by atoms with Gasteiger partial charge in [-0.1, -0.05) is 11.6 Å². The topological polar surface area (TPSA) is 50.7 Å². The molecule has 2 aromatic carbocycles. The summed E-state index contributed by atoms with van der Waals surface area (Å²) in [5.41, 5.74) is 1.82. The third kappa shape index (κ3) is 4.96. The minimum absolute atomic E-state index is 0.0474. The van der Waals surface area contributed by atoms with Crippen molar-refractivity contribution in [3.8, 4) is 17.2 Å². The molecule has 4 nitrogen and oxygen atoms in total. The fourth-order valence-electron chi connectivity index (χ4n) is 2.10. The molecular weight excluding hydrogens is 314 g/mol. The van der Waals surface area contributed by atoms with Crippen LogP contribution in [-0.2, 0) is 6.54 Å². The molecule has 0 aromatic heterocycles. The van der Waals surface area contributed by atoms with Crippen molar-refractivity contribution < 1.29 is 14.6 Å².